The molecule has 0 aromatic heterocycles. The minimum absolute atomic E-state index is 0.0873. The first-order valence-corrected chi connectivity index (χ1v) is 7.40. The SMILES string of the molecule is COc1ccc(OC)c(C(CN)N(C)C(C)C(C)(C)C)c1. The number of ether oxygens (including phenoxy) is 2. The lowest BCUT2D eigenvalue weighted by molar-refractivity contribution is 0.0987. The first-order chi connectivity index (χ1) is 9.76. The van der Waals surface area contributed by atoms with Gasteiger partial charge in [0.05, 0.1) is 20.3 Å². The van der Waals surface area contributed by atoms with E-state index in [2.05, 4.69) is 39.6 Å². The van der Waals surface area contributed by atoms with Crippen molar-refractivity contribution in [1.82, 2.24) is 4.90 Å². The van der Waals surface area contributed by atoms with Crippen LogP contribution >= 0.6 is 0 Å². The molecule has 0 aliphatic heterocycles. The molecule has 1 aromatic carbocycles. The van der Waals surface area contributed by atoms with Crippen molar-refractivity contribution in [2.24, 2.45) is 11.1 Å². The molecule has 0 fully saturated rings. The van der Waals surface area contributed by atoms with E-state index in [-0.39, 0.29) is 11.5 Å². The van der Waals surface area contributed by atoms with Crippen molar-refractivity contribution in [3.63, 3.8) is 0 Å². The second-order valence-electron chi connectivity index (χ2n) is 6.57. The van der Waals surface area contributed by atoms with Crippen molar-refractivity contribution >= 4 is 0 Å². The van der Waals surface area contributed by atoms with Crippen LogP contribution in [-0.4, -0.2) is 38.8 Å². The lowest BCUT2D eigenvalue weighted by Gasteiger charge is -2.40. The molecule has 0 aliphatic carbocycles. The summed E-state index contributed by atoms with van der Waals surface area (Å²) in [6.45, 7) is 9.48. The smallest absolute Gasteiger partial charge is 0.123 e. The molecule has 4 nitrogen and oxygen atoms in total. The summed E-state index contributed by atoms with van der Waals surface area (Å²) in [4.78, 5) is 2.32. The molecular weight excluding hydrogens is 264 g/mol. The molecule has 1 aromatic rings. The number of nitrogens with zero attached hydrogens (tertiary/aromatic N) is 1. The molecule has 2 N–H and O–H groups in total. The van der Waals surface area contributed by atoms with Crippen molar-refractivity contribution in [2.45, 2.75) is 39.8 Å². The van der Waals surface area contributed by atoms with Gasteiger partial charge in [0.1, 0.15) is 11.5 Å². The molecule has 0 radical (unpaired) electrons. The molecular formula is C17H30N2O2. The van der Waals surface area contributed by atoms with Gasteiger partial charge in [-0.2, -0.15) is 0 Å². The molecule has 21 heavy (non-hydrogen) atoms. The van der Waals surface area contributed by atoms with Crippen LogP contribution in [0, 0.1) is 5.41 Å². The quantitative estimate of drug-likeness (QED) is 0.876. The third kappa shape index (κ3) is 4.11. The number of hydrogen-bond acceptors (Lipinski definition) is 4. The Labute approximate surface area is 129 Å². The summed E-state index contributed by atoms with van der Waals surface area (Å²) < 4.78 is 10.8. The van der Waals surface area contributed by atoms with Crippen molar-refractivity contribution in [3.05, 3.63) is 23.8 Å². The molecule has 0 amide bonds. The first kappa shape index (κ1) is 17.8. The zero-order valence-electron chi connectivity index (χ0n) is 14.4. The minimum Gasteiger partial charge on any atom is -0.497 e. The fourth-order valence-corrected chi connectivity index (χ4v) is 2.49. The standard InChI is InChI=1S/C17H30N2O2/c1-12(17(2,3)4)19(5)15(11-18)14-10-13(20-6)8-9-16(14)21-7/h8-10,12,15H,11,18H2,1-7H3. The van der Waals surface area contributed by atoms with Crippen LogP contribution in [0.2, 0.25) is 0 Å². The van der Waals surface area contributed by atoms with Crippen LogP contribution in [0.5, 0.6) is 11.5 Å². The maximum atomic E-state index is 6.06. The molecule has 0 bridgehead atoms. The van der Waals surface area contributed by atoms with Gasteiger partial charge >= 0.3 is 0 Å². The average Bonchev–Trinajstić information content (AvgIpc) is 2.45. The zero-order chi connectivity index (χ0) is 16.2. The third-order valence-electron chi connectivity index (χ3n) is 4.37. The Morgan fingerprint density at radius 2 is 1.81 bits per heavy atom. The summed E-state index contributed by atoms with van der Waals surface area (Å²) in [6, 6.07) is 6.32. The molecule has 0 spiro atoms. The van der Waals surface area contributed by atoms with Gasteiger partial charge in [0.25, 0.3) is 0 Å². The highest BCUT2D eigenvalue weighted by Crippen LogP contribution is 2.35. The topological polar surface area (TPSA) is 47.7 Å². The molecule has 120 valence electrons. The number of rotatable bonds is 6. The second-order valence-corrected chi connectivity index (χ2v) is 6.57. The van der Waals surface area contributed by atoms with E-state index in [0.29, 0.717) is 12.6 Å². The molecule has 2 unspecified atom stereocenters. The van der Waals surface area contributed by atoms with E-state index in [0.717, 1.165) is 17.1 Å². The normalized spacial score (nSPS) is 14.9. The molecule has 0 aliphatic rings. The predicted octanol–water partition coefficient (Wildman–Crippen LogP) is 3.07. The van der Waals surface area contributed by atoms with Crippen LogP contribution < -0.4 is 15.2 Å². The Bertz CT molecular complexity index is 455. The molecule has 1 rings (SSSR count). The lowest BCUT2D eigenvalue weighted by atomic mass is 9.85. The Hall–Kier alpha value is -1.26. The summed E-state index contributed by atoms with van der Waals surface area (Å²) >= 11 is 0. The molecule has 0 heterocycles. The van der Waals surface area contributed by atoms with Crippen LogP contribution in [-0.2, 0) is 0 Å². The number of hydrogen-bond donors (Lipinski definition) is 1. The van der Waals surface area contributed by atoms with E-state index in [4.69, 9.17) is 15.2 Å². The van der Waals surface area contributed by atoms with Crippen molar-refractivity contribution in [3.8, 4) is 11.5 Å². The lowest BCUT2D eigenvalue weighted by Crippen LogP contribution is -2.43. The van der Waals surface area contributed by atoms with Gasteiger partial charge in [-0.05, 0) is 37.6 Å². The van der Waals surface area contributed by atoms with Gasteiger partial charge in [0, 0.05) is 18.2 Å². The third-order valence-corrected chi connectivity index (χ3v) is 4.37. The van der Waals surface area contributed by atoms with Gasteiger partial charge in [-0.25, -0.2) is 0 Å². The van der Waals surface area contributed by atoms with E-state index < -0.39 is 0 Å². The maximum absolute atomic E-state index is 6.06. The molecule has 0 saturated heterocycles. The Kier molecular flexibility index (Phi) is 6.05. The molecule has 0 saturated carbocycles. The van der Waals surface area contributed by atoms with Crippen LogP contribution in [0.4, 0.5) is 0 Å². The van der Waals surface area contributed by atoms with Crippen LogP contribution in [0.1, 0.15) is 39.3 Å². The first-order valence-electron chi connectivity index (χ1n) is 7.40. The van der Waals surface area contributed by atoms with Gasteiger partial charge in [-0.15, -0.1) is 0 Å². The van der Waals surface area contributed by atoms with Crippen LogP contribution in [0.3, 0.4) is 0 Å². The molecule has 4 heteroatoms. The summed E-state index contributed by atoms with van der Waals surface area (Å²) in [7, 11) is 5.48. The number of methoxy groups -OCH3 is 2. The number of nitrogens with two attached hydrogens (primary N) is 1. The summed E-state index contributed by atoms with van der Waals surface area (Å²) in [6.07, 6.45) is 0. The van der Waals surface area contributed by atoms with Crippen molar-refractivity contribution in [1.29, 1.82) is 0 Å². The van der Waals surface area contributed by atoms with Gasteiger partial charge in [0.15, 0.2) is 0 Å². The fourth-order valence-electron chi connectivity index (χ4n) is 2.49. The highest BCUT2D eigenvalue weighted by molar-refractivity contribution is 5.42. The monoisotopic (exact) mass is 294 g/mol. The minimum atomic E-state index is 0.0873. The van der Waals surface area contributed by atoms with Gasteiger partial charge in [-0.1, -0.05) is 20.8 Å². The van der Waals surface area contributed by atoms with E-state index in [1.54, 1.807) is 14.2 Å². The summed E-state index contributed by atoms with van der Waals surface area (Å²) in [5.41, 5.74) is 7.31. The Morgan fingerprint density at radius 3 is 2.24 bits per heavy atom. The van der Waals surface area contributed by atoms with E-state index >= 15 is 0 Å². The van der Waals surface area contributed by atoms with Crippen molar-refractivity contribution < 1.29 is 9.47 Å². The highest BCUT2D eigenvalue weighted by atomic mass is 16.5. The van der Waals surface area contributed by atoms with E-state index in [1.807, 2.05) is 18.2 Å². The van der Waals surface area contributed by atoms with Gasteiger partial charge in [-0.3, -0.25) is 4.90 Å². The van der Waals surface area contributed by atoms with Crippen LogP contribution in [0.25, 0.3) is 0 Å². The largest absolute Gasteiger partial charge is 0.497 e. The molecule has 2 atom stereocenters. The Morgan fingerprint density at radius 1 is 1.19 bits per heavy atom. The van der Waals surface area contributed by atoms with Crippen molar-refractivity contribution in [2.75, 3.05) is 27.8 Å². The average molecular weight is 294 g/mol. The Balaban J connectivity index is 3.20. The second kappa shape index (κ2) is 7.14. The fraction of sp³-hybridized carbons (Fsp3) is 0.647. The van der Waals surface area contributed by atoms with Gasteiger partial charge in [0.2, 0.25) is 0 Å². The number of likely N-dealkylation sites (N-methyl/N-ethyl adjacent to an activating group) is 1. The van der Waals surface area contributed by atoms with Crippen LogP contribution in [0.15, 0.2) is 18.2 Å². The van der Waals surface area contributed by atoms with E-state index in [1.165, 1.54) is 0 Å². The zero-order valence-corrected chi connectivity index (χ0v) is 14.4. The maximum Gasteiger partial charge on any atom is 0.123 e. The summed E-state index contributed by atoms with van der Waals surface area (Å²) in [5, 5.41) is 0. The van der Waals surface area contributed by atoms with E-state index in [9.17, 15) is 0 Å². The highest BCUT2D eigenvalue weighted by Gasteiger charge is 2.30. The predicted molar refractivity (Wildman–Crippen MR) is 88.0 cm³/mol. The summed E-state index contributed by atoms with van der Waals surface area (Å²) in [5.74, 6) is 1.67. The van der Waals surface area contributed by atoms with Gasteiger partial charge < -0.3 is 15.2 Å². The number of benzene rings is 1.